The SMILES string of the molecule is C#Cc1c(F)ccc2cc(O)cc(-c3c(F)cc4c(N5CC6CCC(C5)N6)nc(OCC5(CN6CCOC7(CC7)C6)CC5)nc4c3F)c12. The number of piperazine rings is 1. The first kappa shape index (κ1) is 30.0. The van der Waals surface area contributed by atoms with E-state index >= 15 is 8.78 Å². The topological polar surface area (TPSA) is 83.0 Å². The van der Waals surface area contributed by atoms with Crippen molar-refractivity contribution in [2.24, 2.45) is 5.41 Å². The molecule has 2 atom stereocenters. The second kappa shape index (κ2) is 11.0. The van der Waals surface area contributed by atoms with Crippen LogP contribution in [0.2, 0.25) is 0 Å². The van der Waals surface area contributed by atoms with Crippen LogP contribution in [-0.4, -0.2) is 83.6 Å². The Morgan fingerprint density at radius 3 is 2.56 bits per heavy atom. The van der Waals surface area contributed by atoms with E-state index in [2.05, 4.69) is 26.0 Å². The van der Waals surface area contributed by atoms with E-state index in [0.29, 0.717) is 30.9 Å². The van der Waals surface area contributed by atoms with Gasteiger partial charge in [0.1, 0.15) is 28.7 Å². The summed E-state index contributed by atoms with van der Waals surface area (Å²) < 4.78 is 60.4. The number of halogens is 3. The number of rotatable bonds is 7. The number of terminal acetylenes is 1. The van der Waals surface area contributed by atoms with Crippen molar-refractivity contribution in [1.29, 1.82) is 0 Å². The molecule has 3 saturated heterocycles. The van der Waals surface area contributed by atoms with Crippen molar-refractivity contribution in [2.45, 2.75) is 56.2 Å². The molecule has 2 N–H and O–H groups in total. The average molecular weight is 656 g/mol. The minimum atomic E-state index is -0.958. The van der Waals surface area contributed by atoms with Gasteiger partial charge in [-0.1, -0.05) is 12.0 Å². The number of nitrogens with zero attached hydrogens (tertiary/aromatic N) is 4. The number of phenols is 1. The lowest BCUT2D eigenvalue weighted by atomic mass is 9.92. The Labute approximate surface area is 276 Å². The predicted molar refractivity (Wildman–Crippen MR) is 176 cm³/mol. The minimum Gasteiger partial charge on any atom is -0.508 e. The Kier molecular flexibility index (Phi) is 6.84. The summed E-state index contributed by atoms with van der Waals surface area (Å²) in [5.74, 6) is -0.0548. The molecule has 0 amide bonds. The van der Waals surface area contributed by atoms with Crippen LogP contribution in [-0.2, 0) is 4.74 Å². The number of benzene rings is 3. The fraction of sp³-hybridized carbons (Fsp3) is 0.459. The zero-order chi connectivity index (χ0) is 32.8. The molecule has 11 heteroatoms. The molecule has 4 heterocycles. The van der Waals surface area contributed by atoms with Gasteiger partial charge < -0.3 is 24.8 Å². The van der Waals surface area contributed by atoms with Crippen molar-refractivity contribution >= 4 is 27.5 Å². The third-order valence-electron chi connectivity index (χ3n) is 11.0. The summed E-state index contributed by atoms with van der Waals surface area (Å²) in [5, 5.41) is 14.9. The standard InChI is InChI=1S/C37H36F3N5O3/c1-2-25-28(38)6-3-21-13-24(46)14-26(30(21)25)31-29(39)15-27-33(32(31)40)42-35(43-34(27)45-16-22-4-5-23(17-45)41-22)47-20-36(7-8-36)18-44-11-12-48-37(19-44)9-10-37/h1,3,6,13-15,22-23,41,46H,4-5,7-12,16-20H2. The summed E-state index contributed by atoms with van der Waals surface area (Å²) in [6.45, 7) is 5.11. The number of hydrogen-bond acceptors (Lipinski definition) is 8. The number of fused-ring (bicyclic) bond motifs is 4. The van der Waals surface area contributed by atoms with Crippen molar-refractivity contribution in [1.82, 2.24) is 20.2 Å². The summed E-state index contributed by atoms with van der Waals surface area (Å²) >= 11 is 0. The van der Waals surface area contributed by atoms with Crippen LogP contribution in [0.15, 0.2) is 30.3 Å². The highest BCUT2D eigenvalue weighted by Gasteiger charge is 2.51. The fourth-order valence-corrected chi connectivity index (χ4v) is 8.16. The molecule has 4 aromatic rings. The van der Waals surface area contributed by atoms with Crippen LogP contribution in [0, 0.1) is 35.2 Å². The lowest BCUT2D eigenvalue weighted by Gasteiger charge is -2.35. The van der Waals surface area contributed by atoms with Crippen LogP contribution in [0.4, 0.5) is 19.0 Å². The summed E-state index contributed by atoms with van der Waals surface area (Å²) in [7, 11) is 0. The van der Waals surface area contributed by atoms with Gasteiger partial charge in [-0.15, -0.1) is 6.42 Å². The second-order valence-electron chi connectivity index (χ2n) is 14.5. The zero-order valence-electron chi connectivity index (χ0n) is 26.5. The van der Waals surface area contributed by atoms with Crippen LogP contribution in [0.1, 0.15) is 44.1 Å². The van der Waals surface area contributed by atoms with Gasteiger partial charge >= 0.3 is 6.01 Å². The van der Waals surface area contributed by atoms with Crippen LogP contribution < -0.4 is 15.0 Å². The number of aromatic nitrogens is 2. The molecule has 8 nitrogen and oxygen atoms in total. The molecule has 3 aliphatic heterocycles. The van der Waals surface area contributed by atoms with E-state index in [9.17, 15) is 9.50 Å². The van der Waals surface area contributed by atoms with Crippen LogP contribution in [0.5, 0.6) is 11.8 Å². The number of nitrogens with one attached hydrogen (secondary N) is 1. The second-order valence-corrected chi connectivity index (χ2v) is 14.5. The van der Waals surface area contributed by atoms with Crippen LogP contribution in [0.25, 0.3) is 32.8 Å². The molecule has 48 heavy (non-hydrogen) atoms. The van der Waals surface area contributed by atoms with E-state index in [1.54, 1.807) is 0 Å². The molecule has 2 unspecified atom stereocenters. The average Bonchev–Trinajstić information content (AvgIpc) is 3.99. The van der Waals surface area contributed by atoms with E-state index in [-0.39, 0.29) is 62.3 Å². The summed E-state index contributed by atoms with van der Waals surface area (Å²) in [4.78, 5) is 13.9. The van der Waals surface area contributed by atoms with E-state index < -0.39 is 23.0 Å². The first-order chi connectivity index (χ1) is 23.2. The highest BCUT2D eigenvalue weighted by Crippen LogP contribution is 2.49. The third-order valence-corrected chi connectivity index (χ3v) is 11.0. The Morgan fingerprint density at radius 2 is 1.83 bits per heavy atom. The van der Waals surface area contributed by atoms with Gasteiger partial charge in [-0.2, -0.15) is 9.97 Å². The highest BCUT2D eigenvalue weighted by molar-refractivity contribution is 6.04. The third kappa shape index (κ3) is 5.13. The van der Waals surface area contributed by atoms with E-state index in [4.69, 9.17) is 20.9 Å². The quantitative estimate of drug-likeness (QED) is 0.252. The summed E-state index contributed by atoms with van der Waals surface area (Å²) in [5.41, 5.74) is -0.779. The molecule has 1 aromatic heterocycles. The Balaban J connectivity index is 1.13. The summed E-state index contributed by atoms with van der Waals surface area (Å²) in [6, 6.07) is 6.95. The molecule has 2 aliphatic carbocycles. The molecule has 2 bridgehead atoms. The van der Waals surface area contributed by atoms with E-state index in [1.165, 1.54) is 30.3 Å². The first-order valence-corrected chi connectivity index (χ1v) is 16.8. The molecular formula is C37H36F3N5O3. The molecule has 1 spiro atoms. The normalized spacial score (nSPS) is 23.9. The van der Waals surface area contributed by atoms with Gasteiger partial charge in [-0.05, 0) is 68.2 Å². The van der Waals surface area contributed by atoms with Gasteiger partial charge in [0.15, 0.2) is 5.82 Å². The van der Waals surface area contributed by atoms with E-state index in [1.807, 2.05) is 0 Å². The lowest BCUT2D eigenvalue weighted by molar-refractivity contribution is -0.0532. The van der Waals surface area contributed by atoms with Crippen molar-refractivity contribution in [3.05, 3.63) is 53.3 Å². The lowest BCUT2D eigenvalue weighted by Crippen LogP contribution is -2.51. The summed E-state index contributed by atoms with van der Waals surface area (Å²) in [6.07, 6.45) is 12.0. The Morgan fingerprint density at radius 1 is 1.04 bits per heavy atom. The van der Waals surface area contributed by atoms with Gasteiger partial charge in [-0.3, -0.25) is 4.90 Å². The van der Waals surface area contributed by atoms with Crippen LogP contribution >= 0.6 is 0 Å². The highest BCUT2D eigenvalue weighted by atomic mass is 19.1. The largest absolute Gasteiger partial charge is 0.508 e. The van der Waals surface area contributed by atoms with Gasteiger partial charge in [-0.25, -0.2) is 13.2 Å². The van der Waals surface area contributed by atoms with Gasteiger partial charge in [0.05, 0.1) is 29.9 Å². The first-order valence-electron chi connectivity index (χ1n) is 16.8. The molecule has 248 valence electrons. The number of ether oxygens (including phenoxy) is 2. The van der Waals surface area contributed by atoms with Crippen molar-refractivity contribution in [3.63, 3.8) is 0 Å². The molecular weight excluding hydrogens is 619 g/mol. The van der Waals surface area contributed by atoms with E-state index in [0.717, 1.165) is 64.8 Å². The molecule has 0 radical (unpaired) electrons. The minimum absolute atomic E-state index is 0.0304. The monoisotopic (exact) mass is 655 g/mol. The molecule has 2 saturated carbocycles. The zero-order valence-corrected chi connectivity index (χ0v) is 26.5. The maximum atomic E-state index is 16.9. The smallest absolute Gasteiger partial charge is 0.319 e. The maximum Gasteiger partial charge on any atom is 0.319 e. The molecule has 5 aliphatic rings. The van der Waals surface area contributed by atoms with Gasteiger partial charge in [0.25, 0.3) is 0 Å². The Hall–Kier alpha value is -4.11. The maximum absolute atomic E-state index is 16.9. The van der Waals surface area contributed by atoms with Gasteiger partial charge in [0.2, 0.25) is 0 Å². The number of anilines is 1. The van der Waals surface area contributed by atoms with Crippen molar-refractivity contribution in [2.75, 3.05) is 50.8 Å². The molecule has 9 rings (SSSR count). The number of morpholine rings is 1. The predicted octanol–water partition coefficient (Wildman–Crippen LogP) is 5.52. The number of aromatic hydroxyl groups is 1. The van der Waals surface area contributed by atoms with Crippen LogP contribution in [0.3, 0.4) is 0 Å². The Bertz CT molecular complexity index is 2010. The van der Waals surface area contributed by atoms with Crippen molar-refractivity contribution < 1.29 is 27.8 Å². The number of hydrogen-bond donors (Lipinski definition) is 2. The van der Waals surface area contributed by atoms with Crippen molar-refractivity contribution in [3.8, 4) is 35.2 Å². The number of phenolic OH excluding ortho intramolecular Hbond substituents is 1. The molecule has 5 fully saturated rings. The fourth-order valence-electron chi connectivity index (χ4n) is 8.16. The molecule has 3 aromatic carbocycles. The van der Waals surface area contributed by atoms with Gasteiger partial charge in [0, 0.05) is 66.6 Å².